The smallest absolute Gasteiger partial charge is 0.252 e. The van der Waals surface area contributed by atoms with Crippen molar-refractivity contribution in [2.75, 3.05) is 0 Å². The fourth-order valence-corrected chi connectivity index (χ4v) is 2.04. The monoisotopic (exact) mass is 275 g/mol. The van der Waals surface area contributed by atoms with Gasteiger partial charge in [-0.1, -0.05) is 22.8 Å². The molecule has 3 aromatic rings. The standard InChI is InChI=1S/C13H10ClN3O2/c14-10-5-9-3-8(1-2-11(9)15-6-10)4-12-16-13(7-18)19-17-12/h1-3,5-6,18H,4,7H2. The molecule has 0 amide bonds. The zero-order chi connectivity index (χ0) is 13.2. The molecule has 96 valence electrons. The molecule has 0 unspecified atom stereocenters. The predicted molar refractivity (Wildman–Crippen MR) is 69.8 cm³/mol. The molecule has 0 atom stereocenters. The molecule has 3 rings (SSSR count). The number of halogens is 1. The Kier molecular flexibility index (Phi) is 3.15. The summed E-state index contributed by atoms with van der Waals surface area (Å²) in [5.41, 5.74) is 1.92. The van der Waals surface area contributed by atoms with Crippen molar-refractivity contribution in [3.63, 3.8) is 0 Å². The fraction of sp³-hybridized carbons (Fsp3) is 0.154. The van der Waals surface area contributed by atoms with E-state index in [4.69, 9.17) is 21.2 Å². The van der Waals surface area contributed by atoms with Crippen LogP contribution in [0.15, 0.2) is 35.0 Å². The number of benzene rings is 1. The first-order chi connectivity index (χ1) is 9.24. The maximum atomic E-state index is 8.87. The van der Waals surface area contributed by atoms with E-state index in [0.717, 1.165) is 16.5 Å². The molecule has 0 radical (unpaired) electrons. The highest BCUT2D eigenvalue weighted by Crippen LogP contribution is 2.19. The van der Waals surface area contributed by atoms with Gasteiger partial charge >= 0.3 is 0 Å². The van der Waals surface area contributed by atoms with E-state index < -0.39 is 0 Å². The van der Waals surface area contributed by atoms with Gasteiger partial charge in [-0.2, -0.15) is 4.98 Å². The second-order valence-electron chi connectivity index (χ2n) is 4.12. The zero-order valence-electron chi connectivity index (χ0n) is 9.88. The van der Waals surface area contributed by atoms with E-state index in [2.05, 4.69) is 15.1 Å². The molecule has 0 fully saturated rings. The minimum Gasteiger partial charge on any atom is -0.387 e. The Morgan fingerprint density at radius 1 is 1.26 bits per heavy atom. The number of aromatic nitrogens is 3. The number of rotatable bonds is 3. The van der Waals surface area contributed by atoms with Crippen LogP contribution in [0.1, 0.15) is 17.3 Å². The second-order valence-corrected chi connectivity index (χ2v) is 4.56. The molecule has 0 saturated heterocycles. The van der Waals surface area contributed by atoms with Gasteiger partial charge in [-0.25, -0.2) is 0 Å². The van der Waals surface area contributed by atoms with Crippen LogP contribution in [-0.2, 0) is 13.0 Å². The van der Waals surface area contributed by atoms with Gasteiger partial charge in [0.05, 0.1) is 10.5 Å². The van der Waals surface area contributed by atoms with E-state index in [1.165, 1.54) is 0 Å². The lowest BCUT2D eigenvalue weighted by Gasteiger charge is -2.01. The largest absolute Gasteiger partial charge is 0.387 e. The molecule has 2 aromatic heterocycles. The number of pyridine rings is 1. The Morgan fingerprint density at radius 2 is 2.16 bits per heavy atom. The predicted octanol–water partition coefficient (Wildman–Crippen LogP) is 2.35. The van der Waals surface area contributed by atoms with Crippen LogP contribution in [0, 0.1) is 0 Å². The molecule has 0 aliphatic carbocycles. The van der Waals surface area contributed by atoms with Crippen LogP contribution < -0.4 is 0 Å². The molecule has 6 heteroatoms. The summed E-state index contributed by atoms with van der Waals surface area (Å²) in [5.74, 6) is 0.763. The Labute approximate surface area is 113 Å². The first-order valence-electron chi connectivity index (χ1n) is 5.71. The second kappa shape index (κ2) is 4.95. The van der Waals surface area contributed by atoms with Gasteiger partial charge in [-0.3, -0.25) is 4.98 Å². The van der Waals surface area contributed by atoms with Gasteiger partial charge < -0.3 is 9.63 Å². The molecule has 2 heterocycles. The van der Waals surface area contributed by atoms with Crippen LogP contribution in [-0.4, -0.2) is 20.2 Å². The van der Waals surface area contributed by atoms with Crippen LogP contribution in [0.3, 0.4) is 0 Å². The van der Waals surface area contributed by atoms with Gasteiger partial charge in [-0.05, 0) is 23.8 Å². The van der Waals surface area contributed by atoms with Crippen molar-refractivity contribution in [3.05, 3.63) is 52.8 Å². The Bertz CT molecular complexity index is 727. The van der Waals surface area contributed by atoms with E-state index in [0.29, 0.717) is 17.3 Å². The normalized spacial score (nSPS) is 11.1. The first-order valence-corrected chi connectivity index (χ1v) is 6.09. The van der Waals surface area contributed by atoms with Crippen molar-refractivity contribution >= 4 is 22.5 Å². The minimum absolute atomic E-state index is 0.223. The molecule has 0 aliphatic heterocycles. The number of nitrogens with zero attached hydrogens (tertiary/aromatic N) is 3. The van der Waals surface area contributed by atoms with Crippen molar-refractivity contribution in [2.45, 2.75) is 13.0 Å². The van der Waals surface area contributed by atoms with Crippen LogP contribution in [0.2, 0.25) is 5.02 Å². The van der Waals surface area contributed by atoms with Crippen LogP contribution in [0.25, 0.3) is 10.9 Å². The number of fused-ring (bicyclic) bond motifs is 1. The number of hydrogen-bond donors (Lipinski definition) is 1. The van der Waals surface area contributed by atoms with Gasteiger partial charge in [0.2, 0.25) is 0 Å². The molecule has 0 spiro atoms. The lowest BCUT2D eigenvalue weighted by atomic mass is 10.1. The molecule has 0 bridgehead atoms. The van der Waals surface area contributed by atoms with E-state index in [1.54, 1.807) is 6.20 Å². The van der Waals surface area contributed by atoms with Gasteiger partial charge in [0.1, 0.15) is 6.61 Å². The van der Waals surface area contributed by atoms with Gasteiger partial charge in [0.25, 0.3) is 5.89 Å². The molecular weight excluding hydrogens is 266 g/mol. The highest BCUT2D eigenvalue weighted by molar-refractivity contribution is 6.31. The number of aliphatic hydroxyl groups is 1. The fourth-order valence-electron chi connectivity index (χ4n) is 1.87. The van der Waals surface area contributed by atoms with Crippen molar-refractivity contribution in [1.29, 1.82) is 0 Å². The maximum Gasteiger partial charge on any atom is 0.252 e. The van der Waals surface area contributed by atoms with Crippen LogP contribution in [0.5, 0.6) is 0 Å². The first kappa shape index (κ1) is 12.1. The molecule has 0 aliphatic rings. The average Bonchev–Trinajstić information content (AvgIpc) is 2.86. The van der Waals surface area contributed by atoms with E-state index in [9.17, 15) is 0 Å². The quantitative estimate of drug-likeness (QED) is 0.794. The SMILES string of the molecule is OCc1nc(Cc2ccc3ncc(Cl)cc3c2)no1. The van der Waals surface area contributed by atoms with Gasteiger partial charge in [0, 0.05) is 18.0 Å². The summed E-state index contributed by atoms with van der Waals surface area (Å²) >= 11 is 5.92. The van der Waals surface area contributed by atoms with Gasteiger partial charge in [-0.15, -0.1) is 0 Å². The molecular formula is C13H10ClN3O2. The lowest BCUT2D eigenvalue weighted by molar-refractivity contribution is 0.222. The molecule has 1 aromatic carbocycles. The summed E-state index contributed by atoms with van der Waals surface area (Å²) in [4.78, 5) is 8.28. The zero-order valence-corrected chi connectivity index (χ0v) is 10.6. The number of aliphatic hydroxyl groups excluding tert-OH is 1. The van der Waals surface area contributed by atoms with Crippen LogP contribution >= 0.6 is 11.6 Å². The molecule has 1 N–H and O–H groups in total. The summed E-state index contributed by atoms with van der Waals surface area (Å²) in [6, 6.07) is 7.73. The average molecular weight is 276 g/mol. The molecule has 0 saturated carbocycles. The number of hydrogen-bond acceptors (Lipinski definition) is 5. The molecule has 5 nitrogen and oxygen atoms in total. The van der Waals surface area contributed by atoms with Crippen molar-refractivity contribution in [3.8, 4) is 0 Å². The highest BCUT2D eigenvalue weighted by Gasteiger charge is 2.07. The summed E-state index contributed by atoms with van der Waals surface area (Å²) in [6.07, 6.45) is 2.15. The van der Waals surface area contributed by atoms with Crippen LogP contribution in [0.4, 0.5) is 0 Å². The Morgan fingerprint density at radius 3 is 2.95 bits per heavy atom. The van der Waals surface area contributed by atoms with E-state index >= 15 is 0 Å². The Balaban J connectivity index is 1.92. The van der Waals surface area contributed by atoms with E-state index in [1.807, 2.05) is 24.3 Å². The van der Waals surface area contributed by atoms with E-state index in [-0.39, 0.29) is 12.5 Å². The van der Waals surface area contributed by atoms with Gasteiger partial charge in [0.15, 0.2) is 5.82 Å². The third-order valence-electron chi connectivity index (χ3n) is 2.72. The summed E-state index contributed by atoms with van der Waals surface area (Å²) in [5, 5.41) is 14.2. The Hall–Kier alpha value is -1.98. The lowest BCUT2D eigenvalue weighted by Crippen LogP contribution is -1.92. The topological polar surface area (TPSA) is 72.0 Å². The summed E-state index contributed by atoms with van der Waals surface area (Å²) < 4.78 is 4.85. The highest BCUT2D eigenvalue weighted by atomic mass is 35.5. The van der Waals surface area contributed by atoms with Crippen molar-refractivity contribution < 1.29 is 9.63 Å². The summed E-state index contributed by atoms with van der Waals surface area (Å²) in [7, 11) is 0. The summed E-state index contributed by atoms with van der Waals surface area (Å²) in [6.45, 7) is -0.246. The third-order valence-corrected chi connectivity index (χ3v) is 2.93. The third kappa shape index (κ3) is 2.57. The van der Waals surface area contributed by atoms with Crippen molar-refractivity contribution in [1.82, 2.24) is 15.1 Å². The maximum absolute atomic E-state index is 8.87. The van der Waals surface area contributed by atoms with Crippen molar-refractivity contribution in [2.24, 2.45) is 0 Å². The molecule has 19 heavy (non-hydrogen) atoms. The minimum atomic E-state index is -0.246.